The first kappa shape index (κ1) is 16.1. The number of benzene rings is 2. The van der Waals surface area contributed by atoms with Crippen molar-refractivity contribution in [1.82, 2.24) is 0 Å². The lowest BCUT2D eigenvalue weighted by atomic mass is 10.1. The van der Waals surface area contributed by atoms with Gasteiger partial charge in [0.05, 0.1) is 13.2 Å². The van der Waals surface area contributed by atoms with Crippen LogP contribution < -0.4 is 15.1 Å². The first-order valence-electron chi connectivity index (χ1n) is 7.67. The molecule has 1 aromatic heterocycles. The monoisotopic (exact) mass is 328 g/mol. The Morgan fingerprint density at radius 3 is 2.38 bits per heavy atom. The van der Waals surface area contributed by atoms with Crippen LogP contribution in [0.3, 0.4) is 0 Å². The fraction of sp³-hybridized carbons (Fsp3) is 0.211. The zero-order valence-corrected chi connectivity index (χ0v) is 13.3. The van der Waals surface area contributed by atoms with Crippen molar-refractivity contribution < 1.29 is 18.3 Å². The van der Waals surface area contributed by atoms with Crippen molar-refractivity contribution in [1.29, 1.82) is 0 Å². The predicted octanol–water partition coefficient (Wildman–Crippen LogP) is 4.09. The summed E-state index contributed by atoms with van der Waals surface area (Å²) in [5, 5.41) is 0.890. The van der Waals surface area contributed by atoms with Crippen molar-refractivity contribution >= 4 is 11.0 Å². The van der Waals surface area contributed by atoms with Crippen LogP contribution in [0, 0.1) is 12.7 Å². The van der Waals surface area contributed by atoms with E-state index >= 15 is 0 Å². The van der Waals surface area contributed by atoms with E-state index < -0.39 is 0 Å². The molecule has 0 aliphatic rings. The molecular formula is C19H17FO4. The Kier molecular flexibility index (Phi) is 4.79. The molecule has 3 aromatic rings. The average Bonchev–Trinajstić information content (AvgIpc) is 2.56. The van der Waals surface area contributed by atoms with E-state index in [1.165, 1.54) is 18.2 Å². The maximum absolute atomic E-state index is 12.8. The second-order valence-corrected chi connectivity index (χ2v) is 5.41. The second-order valence-electron chi connectivity index (χ2n) is 5.41. The lowest BCUT2D eigenvalue weighted by Crippen LogP contribution is -2.05. The Balaban J connectivity index is 1.52. The number of aryl methyl sites for hydroxylation is 1. The van der Waals surface area contributed by atoms with Gasteiger partial charge >= 0.3 is 5.63 Å². The molecule has 0 radical (unpaired) electrons. The van der Waals surface area contributed by atoms with Gasteiger partial charge in [-0.1, -0.05) is 0 Å². The summed E-state index contributed by atoms with van der Waals surface area (Å²) in [4.78, 5) is 11.4. The molecule has 0 spiro atoms. The van der Waals surface area contributed by atoms with Gasteiger partial charge in [-0.25, -0.2) is 9.18 Å². The molecular weight excluding hydrogens is 311 g/mol. The maximum atomic E-state index is 12.8. The topological polar surface area (TPSA) is 48.7 Å². The molecule has 0 saturated heterocycles. The van der Waals surface area contributed by atoms with Crippen molar-refractivity contribution in [3.05, 3.63) is 70.3 Å². The number of halogens is 1. The Morgan fingerprint density at radius 2 is 1.62 bits per heavy atom. The summed E-state index contributed by atoms with van der Waals surface area (Å²) in [6.45, 7) is 2.79. The lowest BCUT2D eigenvalue weighted by Gasteiger charge is -2.09. The number of hydrogen-bond acceptors (Lipinski definition) is 4. The highest BCUT2D eigenvalue weighted by Gasteiger charge is 2.04. The molecule has 3 rings (SSSR count). The van der Waals surface area contributed by atoms with Crippen LogP contribution >= 0.6 is 0 Å². The van der Waals surface area contributed by atoms with Crippen LogP contribution in [0.5, 0.6) is 11.5 Å². The second kappa shape index (κ2) is 7.17. The van der Waals surface area contributed by atoms with E-state index in [-0.39, 0.29) is 11.4 Å². The third-order valence-electron chi connectivity index (χ3n) is 3.56. The highest BCUT2D eigenvalue weighted by molar-refractivity contribution is 5.81. The van der Waals surface area contributed by atoms with E-state index in [9.17, 15) is 9.18 Å². The molecule has 0 aliphatic heterocycles. The van der Waals surface area contributed by atoms with Gasteiger partial charge in [0, 0.05) is 23.9 Å². The van der Waals surface area contributed by atoms with Crippen LogP contribution in [0.4, 0.5) is 4.39 Å². The van der Waals surface area contributed by atoms with E-state index in [2.05, 4.69) is 0 Å². The normalized spacial score (nSPS) is 10.8. The summed E-state index contributed by atoms with van der Waals surface area (Å²) in [6.07, 6.45) is 0.674. The van der Waals surface area contributed by atoms with Crippen LogP contribution in [0.25, 0.3) is 11.0 Å². The SMILES string of the molecule is Cc1cc(=O)oc2cc(OCCCOc3ccc(F)cc3)ccc12. The predicted molar refractivity (Wildman–Crippen MR) is 89.2 cm³/mol. The molecule has 4 nitrogen and oxygen atoms in total. The van der Waals surface area contributed by atoms with E-state index in [0.717, 1.165) is 10.9 Å². The standard InChI is InChI=1S/C19H17FO4/c1-13-11-19(21)24-18-12-16(7-8-17(13)18)23-10-2-9-22-15-5-3-14(20)4-6-15/h3-8,11-12H,2,9-10H2,1H3. The summed E-state index contributed by atoms with van der Waals surface area (Å²) >= 11 is 0. The van der Waals surface area contributed by atoms with Gasteiger partial charge in [-0.2, -0.15) is 0 Å². The maximum Gasteiger partial charge on any atom is 0.336 e. The zero-order chi connectivity index (χ0) is 16.9. The van der Waals surface area contributed by atoms with Gasteiger partial charge in [0.15, 0.2) is 0 Å². The molecule has 0 aliphatic carbocycles. The fourth-order valence-corrected chi connectivity index (χ4v) is 2.36. The van der Waals surface area contributed by atoms with Crippen molar-refractivity contribution in [2.45, 2.75) is 13.3 Å². The minimum atomic E-state index is -0.371. The van der Waals surface area contributed by atoms with Crippen molar-refractivity contribution in [3.63, 3.8) is 0 Å². The summed E-state index contributed by atoms with van der Waals surface area (Å²) in [6, 6.07) is 12.8. The van der Waals surface area contributed by atoms with Gasteiger partial charge in [0.1, 0.15) is 22.9 Å². The van der Waals surface area contributed by atoms with Crippen molar-refractivity contribution in [3.8, 4) is 11.5 Å². The molecule has 24 heavy (non-hydrogen) atoms. The van der Waals surface area contributed by atoms with Gasteiger partial charge in [-0.3, -0.25) is 0 Å². The summed E-state index contributed by atoms with van der Waals surface area (Å²) in [7, 11) is 0. The van der Waals surface area contributed by atoms with Gasteiger partial charge < -0.3 is 13.9 Å². The van der Waals surface area contributed by atoms with Crippen LogP contribution in [0.1, 0.15) is 12.0 Å². The van der Waals surface area contributed by atoms with E-state index in [1.54, 1.807) is 18.2 Å². The molecule has 0 unspecified atom stereocenters. The van der Waals surface area contributed by atoms with Gasteiger partial charge in [-0.05, 0) is 48.9 Å². The average molecular weight is 328 g/mol. The van der Waals surface area contributed by atoms with E-state index in [1.807, 2.05) is 19.1 Å². The molecule has 1 heterocycles. The number of rotatable bonds is 6. The Morgan fingerprint density at radius 1 is 0.958 bits per heavy atom. The van der Waals surface area contributed by atoms with E-state index in [4.69, 9.17) is 13.9 Å². The summed E-state index contributed by atoms with van der Waals surface area (Å²) in [5.74, 6) is 0.973. The molecule has 0 atom stereocenters. The lowest BCUT2D eigenvalue weighted by molar-refractivity contribution is 0.247. The Labute approximate surface area is 138 Å². The molecule has 0 N–H and O–H groups in total. The first-order chi connectivity index (χ1) is 11.6. The van der Waals surface area contributed by atoms with Crippen LogP contribution in [0.2, 0.25) is 0 Å². The molecule has 5 heteroatoms. The largest absolute Gasteiger partial charge is 0.493 e. The fourth-order valence-electron chi connectivity index (χ4n) is 2.36. The Hall–Kier alpha value is -2.82. The molecule has 0 fully saturated rings. The summed E-state index contributed by atoms with van der Waals surface area (Å²) < 4.78 is 29.1. The number of ether oxygens (including phenoxy) is 2. The Bertz CT molecular complexity index is 884. The number of hydrogen-bond donors (Lipinski definition) is 0. The molecule has 2 aromatic carbocycles. The highest BCUT2D eigenvalue weighted by Crippen LogP contribution is 2.22. The minimum Gasteiger partial charge on any atom is -0.493 e. The third kappa shape index (κ3) is 3.93. The van der Waals surface area contributed by atoms with Gasteiger partial charge in [-0.15, -0.1) is 0 Å². The zero-order valence-electron chi connectivity index (χ0n) is 13.3. The number of fused-ring (bicyclic) bond motifs is 1. The summed E-state index contributed by atoms with van der Waals surface area (Å²) in [5.41, 5.74) is 1.02. The van der Waals surface area contributed by atoms with Crippen LogP contribution in [-0.2, 0) is 0 Å². The third-order valence-corrected chi connectivity index (χ3v) is 3.56. The smallest absolute Gasteiger partial charge is 0.336 e. The van der Waals surface area contributed by atoms with Gasteiger partial charge in [0.25, 0.3) is 0 Å². The van der Waals surface area contributed by atoms with Crippen molar-refractivity contribution in [2.24, 2.45) is 0 Å². The van der Waals surface area contributed by atoms with E-state index in [0.29, 0.717) is 36.7 Å². The molecule has 0 bridgehead atoms. The van der Waals surface area contributed by atoms with Crippen LogP contribution in [-0.4, -0.2) is 13.2 Å². The molecule has 124 valence electrons. The highest BCUT2D eigenvalue weighted by atomic mass is 19.1. The van der Waals surface area contributed by atoms with Crippen molar-refractivity contribution in [2.75, 3.05) is 13.2 Å². The first-order valence-corrected chi connectivity index (χ1v) is 7.67. The van der Waals surface area contributed by atoms with Gasteiger partial charge in [0.2, 0.25) is 0 Å². The molecule has 0 saturated carbocycles. The molecule has 0 amide bonds. The quantitative estimate of drug-likeness (QED) is 0.505. The minimum absolute atomic E-state index is 0.288. The van der Waals surface area contributed by atoms with Crippen LogP contribution in [0.15, 0.2) is 57.7 Å².